The van der Waals surface area contributed by atoms with E-state index in [0.29, 0.717) is 23.8 Å². The van der Waals surface area contributed by atoms with Gasteiger partial charge in [0, 0.05) is 56.0 Å². The number of fused-ring (bicyclic) bond motifs is 2. The molecule has 1 amide bonds. The molecular formula is C33H40N6O3. The number of piperidine rings is 1. The molecule has 4 fully saturated rings. The summed E-state index contributed by atoms with van der Waals surface area (Å²) in [5.41, 5.74) is 10.8. The van der Waals surface area contributed by atoms with E-state index in [0.717, 1.165) is 78.8 Å². The van der Waals surface area contributed by atoms with E-state index in [-0.39, 0.29) is 29.0 Å². The van der Waals surface area contributed by atoms with Gasteiger partial charge in [0.05, 0.1) is 23.9 Å². The quantitative estimate of drug-likeness (QED) is 0.330. The molecule has 4 aromatic rings. The van der Waals surface area contributed by atoms with E-state index in [4.69, 9.17) is 25.2 Å². The Labute approximate surface area is 246 Å². The second-order valence-corrected chi connectivity index (χ2v) is 13.6. The molecule has 1 aliphatic heterocycles. The lowest BCUT2D eigenvalue weighted by Gasteiger charge is -2.45. The summed E-state index contributed by atoms with van der Waals surface area (Å²) in [6.07, 6.45) is 9.40. The molecule has 1 spiro atoms. The topological polar surface area (TPSA) is 100 Å². The van der Waals surface area contributed by atoms with Gasteiger partial charge in [-0.2, -0.15) is 0 Å². The highest BCUT2D eigenvalue weighted by atomic mass is 16.5. The normalized spacial score (nSPS) is 28.9. The minimum absolute atomic E-state index is 0.00811. The monoisotopic (exact) mass is 568 g/mol. The van der Waals surface area contributed by atoms with E-state index < -0.39 is 0 Å². The van der Waals surface area contributed by atoms with Crippen molar-refractivity contribution in [1.29, 1.82) is 0 Å². The molecule has 2 N–H and O–H groups in total. The number of aromatic nitrogens is 4. The standard InChI is InChI=1S/C33H40N6O3/c1-32(42-3)18-33(19-32)15-27(33)39-28-24(12-22(14-26(28)41-2)31(40)37-11-5-7-23(34)17-37)36-30(39)25-13-21-6-4-10-35-29(21)38(25)16-20-8-9-20/h4,6,10,12-14,20,23,27H,5,7-9,11,15-19,34H2,1-3H3/t23-,27?,32-,33+/m1/s1. The smallest absolute Gasteiger partial charge is 0.254 e. The molecule has 3 aromatic heterocycles. The van der Waals surface area contributed by atoms with Gasteiger partial charge >= 0.3 is 0 Å². The number of nitrogens with zero attached hydrogens (tertiary/aromatic N) is 5. The molecule has 2 atom stereocenters. The van der Waals surface area contributed by atoms with E-state index in [2.05, 4.69) is 28.2 Å². The van der Waals surface area contributed by atoms with Gasteiger partial charge in [-0.15, -0.1) is 0 Å². The predicted molar refractivity (Wildman–Crippen MR) is 162 cm³/mol. The summed E-state index contributed by atoms with van der Waals surface area (Å²) in [5.74, 6) is 2.29. The van der Waals surface area contributed by atoms with E-state index in [1.807, 2.05) is 36.4 Å². The van der Waals surface area contributed by atoms with Crippen molar-refractivity contribution >= 4 is 28.0 Å². The molecule has 0 radical (unpaired) electrons. The van der Waals surface area contributed by atoms with Gasteiger partial charge in [0.25, 0.3) is 5.91 Å². The van der Waals surface area contributed by atoms with Gasteiger partial charge in [0.15, 0.2) is 5.82 Å². The number of pyridine rings is 1. The Kier molecular flexibility index (Phi) is 5.79. The fourth-order valence-corrected chi connectivity index (χ4v) is 8.00. The van der Waals surface area contributed by atoms with Crippen LogP contribution in [0.1, 0.15) is 68.3 Å². The molecule has 4 aliphatic rings. The minimum Gasteiger partial charge on any atom is -0.494 e. The zero-order valence-corrected chi connectivity index (χ0v) is 24.8. The van der Waals surface area contributed by atoms with Crippen molar-refractivity contribution in [3.05, 3.63) is 42.1 Å². The zero-order valence-electron chi connectivity index (χ0n) is 24.8. The summed E-state index contributed by atoms with van der Waals surface area (Å²) < 4.78 is 16.7. The van der Waals surface area contributed by atoms with Crippen molar-refractivity contribution < 1.29 is 14.3 Å². The largest absolute Gasteiger partial charge is 0.494 e. The molecule has 3 aliphatic carbocycles. The Morgan fingerprint density at radius 3 is 2.74 bits per heavy atom. The number of nitrogens with two attached hydrogens (primary N) is 1. The molecule has 42 heavy (non-hydrogen) atoms. The average Bonchev–Trinajstić information content (AvgIpc) is 3.87. The Balaban J connectivity index is 1.30. The summed E-state index contributed by atoms with van der Waals surface area (Å²) in [5, 5.41) is 1.12. The Morgan fingerprint density at radius 1 is 1.17 bits per heavy atom. The van der Waals surface area contributed by atoms with Crippen LogP contribution in [0.2, 0.25) is 0 Å². The number of amides is 1. The lowest BCUT2D eigenvalue weighted by Crippen LogP contribution is -2.45. The first kappa shape index (κ1) is 26.2. The van der Waals surface area contributed by atoms with Crippen LogP contribution in [0.5, 0.6) is 5.75 Å². The van der Waals surface area contributed by atoms with Crippen molar-refractivity contribution in [1.82, 2.24) is 24.0 Å². The number of hydrogen-bond acceptors (Lipinski definition) is 6. The summed E-state index contributed by atoms with van der Waals surface area (Å²) in [6.45, 7) is 4.46. The van der Waals surface area contributed by atoms with Crippen LogP contribution in [0.4, 0.5) is 0 Å². The predicted octanol–water partition coefficient (Wildman–Crippen LogP) is 5.17. The molecule has 9 heteroatoms. The van der Waals surface area contributed by atoms with Crippen LogP contribution >= 0.6 is 0 Å². The Hall–Kier alpha value is -3.43. The van der Waals surface area contributed by atoms with Crippen molar-refractivity contribution in [2.75, 3.05) is 27.3 Å². The number of rotatable bonds is 7. The van der Waals surface area contributed by atoms with Crippen LogP contribution in [0.25, 0.3) is 33.6 Å². The molecular weight excluding hydrogens is 528 g/mol. The number of methoxy groups -OCH3 is 2. The maximum Gasteiger partial charge on any atom is 0.254 e. The maximum absolute atomic E-state index is 13.7. The molecule has 0 bridgehead atoms. The lowest BCUT2D eigenvalue weighted by molar-refractivity contribution is -0.105. The highest BCUT2D eigenvalue weighted by molar-refractivity contribution is 6.00. The van der Waals surface area contributed by atoms with Crippen LogP contribution < -0.4 is 10.5 Å². The number of hydrogen-bond donors (Lipinski definition) is 1. The van der Waals surface area contributed by atoms with Crippen molar-refractivity contribution in [2.45, 2.75) is 76.1 Å². The molecule has 1 saturated heterocycles. The molecule has 8 rings (SSSR count). The number of benzene rings is 1. The van der Waals surface area contributed by atoms with Crippen LogP contribution in [0.3, 0.4) is 0 Å². The Morgan fingerprint density at radius 2 is 2.00 bits per heavy atom. The second-order valence-electron chi connectivity index (χ2n) is 13.6. The third-order valence-electron chi connectivity index (χ3n) is 10.4. The van der Waals surface area contributed by atoms with Gasteiger partial charge in [0.2, 0.25) is 0 Å². The molecule has 1 unspecified atom stereocenters. The van der Waals surface area contributed by atoms with Gasteiger partial charge < -0.3 is 29.2 Å². The summed E-state index contributed by atoms with van der Waals surface area (Å²) in [4.78, 5) is 25.7. The van der Waals surface area contributed by atoms with Crippen LogP contribution in [0, 0.1) is 11.3 Å². The summed E-state index contributed by atoms with van der Waals surface area (Å²) in [6, 6.07) is 10.6. The third kappa shape index (κ3) is 4.07. The SMILES string of the molecule is COc1cc(C(=O)N2CCC[C@@H](N)C2)cc2nc(-c3cc4cccnc4n3CC3CC3)n(C3C[C@]34C[C@](C)(OC)C4)c12. The summed E-state index contributed by atoms with van der Waals surface area (Å²) >= 11 is 0. The first-order valence-electron chi connectivity index (χ1n) is 15.5. The van der Waals surface area contributed by atoms with E-state index in [1.165, 1.54) is 12.8 Å². The molecule has 3 saturated carbocycles. The maximum atomic E-state index is 13.7. The van der Waals surface area contributed by atoms with Gasteiger partial charge in [-0.1, -0.05) is 0 Å². The number of likely N-dealkylation sites (tertiary alicyclic amines) is 1. The fraction of sp³-hybridized carbons (Fsp3) is 0.545. The molecule has 220 valence electrons. The van der Waals surface area contributed by atoms with Crippen LogP contribution in [-0.4, -0.2) is 68.9 Å². The number of ether oxygens (including phenoxy) is 2. The highest BCUT2D eigenvalue weighted by Gasteiger charge is 2.67. The second kappa shape index (κ2) is 9.28. The molecule has 4 heterocycles. The molecule has 1 aromatic carbocycles. The van der Waals surface area contributed by atoms with Gasteiger partial charge in [0.1, 0.15) is 16.9 Å². The third-order valence-corrected chi connectivity index (χ3v) is 10.4. The fourth-order valence-electron chi connectivity index (χ4n) is 8.00. The van der Waals surface area contributed by atoms with E-state index >= 15 is 0 Å². The van der Waals surface area contributed by atoms with Crippen LogP contribution in [-0.2, 0) is 11.3 Å². The van der Waals surface area contributed by atoms with E-state index in [9.17, 15) is 4.79 Å². The van der Waals surface area contributed by atoms with Crippen molar-refractivity contribution in [3.63, 3.8) is 0 Å². The lowest BCUT2D eigenvalue weighted by atomic mass is 9.68. The molecule has 9 nitrogen and oxygen atoms in total. The number of imidazole rings is 1. The van der Waals surface area contributed by atoms with Crippen LogP contribution in [0.15, 0.2) is 36.5 Å². The Bertz CT molecular complexity index is 1710. The summed E-state index contributed by atoms with van der Waals surface area (Å²) in [7, 11) is 3.52. The zero-order chi connectivity index (χ0) is 28.8. The van der Waals surface area contributed by atoms with Gasteiger partial charge in [-0.25, -0.2) is 9.97 Å². The first-order valence-corrected chi connectivity index (χ1v) is 15.5. The van der Waals surface area contributed by atoms with E-state index in [1.54, 1.807) is 7.11 Å². The highest BCUT2D eigenvalue weighted by Crippen LogP contribution is 2.73. The minimum atomic E-state index is -0.0743. The van der Waals surface area contributed by atoms with Crippen molar-refractivity contribution in [3.8, 4) is 17.3 Å². The van der Waals surface area contributed by atoms with Crippen molar-refractivity contribution in [2.24, 2.45) is 17.1 Å². The number of carbonyl (C=O) groups excluding carboxylic acids is 1. The average molecular weight is 569 g/mol. The van der Waals surface area contributed by atoms with Gasteiger partial charge in [-0.05, 0) is 93.5 Å². The number of carbonyl (C=O) groups is 1. The first-order chi connectivity index (χ1) is 20.3. The van der Waals surface area contributed by atoms with Gasteiger partial charge in [-0.3, -0.25) is 4.79 Å².